The third kappa shape index (κ3) is 2.42. The maximum absolute atomic E-state index is 11.6. The molecule has 0 aliphatic rings. The van der Waals surface area contributed by atoms with Crippen LogP contribution in [-0.4, -0.2) is 10.2 Å². The Morgan fingerprint density at radius 2 is 1.82 bits per heavy atom. The molecule has 0 bridgehead atoms. The van der Waals surface area contributed by atoms with E-state index in [1.165, 1.54) is 0 Å². The molecule has 0 saturated heterocycles. The number of hydrogen-bond donors (Lipinski definition) is 2. The van der Waals surface area contributed by atoms with Crippen LogP contribution in [0.25, 0.3) is 0 Å². The average molecular weight is 253 g/mol. The topological polar surface area (TPSA) is 70.7 Å². The van der Waals surface area contributed by atoms with Crippen molar-refractivity contribution < 1.29 is 14.6 Å². The molecule has 2 N–H and O–H groups in total. The lowest BCUT2D eigenvalue weighted by Crippen LogP contribution is -2.08. The highest BCUT2D eigenvalue weighted by Gasteiger charge is 2.11. The fourth-order valence-corrected chi connectivity index (χ4v) is 1.56. The van der Waals surface area contributed by atoms with E-state index in [2.05, 4.69) is 4.42 Å². The first-order chi connectivity index (χ1) is 8.08. The van der Waals surface area contributed by atoms with Crippen molar-refractivity contribution in [3.05, 3.63) is 56.9 Å². The van der Waals surface area contributed by atoms with Crippen LogP contribution in [0.4, 0.5) is 0 Å². The molecule has 1 aromatic heterocycles. The Morgan fingerprint density at radius 1 is 1.18 bits per heavy atom. The molecule has 0 fully saturated rings. The SMILES string of the molecule is O=c1c(Cc2ccc(Cl)cc2)coc(O)c1O. The van der Waals surface area contributed by atoms with Crippen LogP contribution in [0.5, 0.6) is 11.7 Å². The molecule has 5 heteroatoms. The van der Waals surface area contributed by atoms with Crippen LogP contribution in [-0.2, 0) is 6.42 Å². The lowest BCUT2D eigenvalue weighted by Gasteiger charge is -2.02. The van der Waals surface area contributed by atoms with Crippen LogP contribution in [0.15, 0.2) is 39.7 Å². The van der Waals surface area contributed by atoms with Gasteiger partial charge in [0.05, 0.1) is 0 Å². The fourth-order valence-electron chi connectivity index (χ4n) is 1.43. The van der Waals surface area contributed by atoms with Crippen molar-refractivity contribution in [2.75, 3.05) is 0 Å². The van der Waals surface area contributed by atoms with E-state index < -0.39 is 17.1 Å². The molecule has 0 aliphatic carbocycles. The monoisotopic (exact) mass is 252 g/mol. The van der Waals surface area contributed by atoms with Crippen molar-refractivity contribution in [2.24, 2.45) is 0 Å². The summed E-state index contributed by atoms with van der Waals surface area (Å²) in [5, 5.41) is 18.8. The first-order valence-corrected chi connectivity index (χ1v) is 5.23. The molecule has 88 valence electrons. The van der Waals surface area contributed by atoms with E-state index >= 15 is 0 Å². The number of halogens is 1. The first-order valence-electron chi connectivity index (χ1n) is 4.85. The van der Waals surface area contributed by atoms with Crippen LogP contribution in [0, 0.1) is 0 Å². The number of benzene rings is 1. The van der Waals surface area contributed by atoms with Crippen LogP contribution in [0.3, 0.4) is 0 Å². The molecule has 1 aromatic carbocycles. The second-order valence-electron chi connectivity index (χ2n) is 3.55. The normalized spacial score (nSPS) is 10.4. The van der Waals surface area contributed by atoms with Gasteiger partial charge >= 0.3 is 5.95 Å². The highest BCUT2D eigenvalue weighted by atomic mass is 35.5. The molecule has 0 saturated carbocycles. The van der Waals surface area contributed by atoms with Crippen molar-refractivity contribution in [3.63, 3.8) is 0 Å². The summed E-state index contributed by atoms with van der Waals surface area (Å²) in [6.07, 6.45) is 1.43. The highest BCUT2D eigenvalue weighted by Crippen LogP contribution is 2.21. The van der Waals surface area contributed by atoms with Crippen molar-refractivity contribution in [2.45, 2.75) is 6.42 Å². The number of hydrogen-bond acceptors (Lipinski definition) is 4. The Kier molecular flexibility index (Phi) is 3.06. The van der Waals surface area contributed by atoms with E-state index in [0.717, 1.165) is 11.8 Å². The van der Waals surface area contributed by atoms with Crippen molar-refractivity contribution in [1.82, 2.24) is 0 Å². The van der Waals surface area contributed by atoms with Crippen LogP contribution in [0.1, 0.15) is 11.1 Å². The Bertz CT molecular complexity index is 586. The van der Waals surface area contributed by atoms with Gasteiger partial charge < -0.3 is 14.6 Å². The molecule has 1 heterocycles. The molecule has 0 aliphatic heterocycles. The predicted octanol–water partition coefficient (Wildman–Crippen LogP) is 2.30. The van der Waals surface area contributed by atoms with Crippen LogP contribution in [0.2, 0.25) is 5.02 Å². The van der Waals surface area contributed by atoms with E-state index in [1.54, 1.807) is 24.3 Å². The molecule has 4 nitrogen and oxygen atoms in total. The lowest BCUT2D eigenvalue weighted by molar-refractivity contribution is 0.286. The molecular weight excluding hydrogens is 244 g/mol. The summed E-state index contributed by atoms with van der Waals surface area (Å²) in [4.78, 5) is 11.6. The average Bonchev–Trinajstić information content (AvgIpc) is 2.33. The Hall–Kier alpha value is -1.94. The van der Waals surface area contributed by atoms with Crippen molar-refractivity contribution in [1.29, 1.82) is 0 Å². The molecule has 0 atom stereocenters. The number of rotatable bonds is 2. The Labute approximate surface area is 102 Å². The van der Waals surface area contributed by atoms with Gasteiger partial charge in [-0.15, -0.1) is 0 Å². The summed E-state index contributed by atoms with van der Waals surface area (Å²) in [7, 11) is 0. The zero-order valence-electron chi connectivity index (χ0n) is 8.68. The van der Waals surface area contributed by atoms with Gasteiger partial charge in [-0.3, -0.25) is 4.79 Å². The molecule has 2 rings (SSSR count). The van der Waals surface area contributed by atoms with Gasteiger partial charge in [-0.2, -0.15) is 0 Å². The molecule has 2 aromatic rings. The molecule has 17 heavy (non-hydrogen) atoms. The van der Waals surface area contributed by atoms with Gasteiger partial charge in [-0.1, -0.05) is 23.7 Å². The summed E-state index contributed by atoms with van der Waals surface area (Å²) in [5.74, 6) is -1.54. The minimum atomic E-state index is -0.769. The second kappa shape index (κ2) is 4.51. The molecule has 0 amide bonds. The largest absolute Gasteiger partial charge is 0.499 e. The van der Waals surface area contributed by atoms with E-state index in [-0.39, 0.29) is 5.56 Å². The quantitative estimate of drug-likeness (QED) is 0.860. The van der Waals surface area contributed by atoms with E-state index in [0.29, 0.717) is 11.4 Å². The van der Waals surface area contributed by atoms with E-state index in [9.17, 15) is 9.90 Å². The molecule has 0 unspecified atom stereocenters. The molecular formula is C12H9ClO4. The fraction of sp³-hybridized carbons (Fsp3) is 0.0833. The molecule has 0 radical (unpaired) electrons. The smallest absolute Gasteiger partial charge is 0.330 e. The summed E-state index contributed by atoms with van der Waals surface area (Å²) in [6, 6.07) is 6.95. The van der Waals surface area contributed by atoms with Gasteiger partial charge in [-0.05, 0) is 17.7 Å². The van der Waals surface area contributed by atoms with Gasteiger partial charge in [0.15, 0.2) is 0 Å². The van der Waals surface area contributed by atoms with Gasteiger partial charge in [0.2, 0.25) is 11.2 Å². The third-order valence-corrected chi connectivity index (χ3v) is 2.58. The lowest BCUT2D eigenvalue weighted by atomic mass is 10.1. The Balaban J connectivity index is 2.34. The maximum atomic E-state index is 11.6. The van der Waals surface area contributed by atoms with Gasteiger partial charge in [-0.25, -0.2) is 0 Å². The second-order valence-corrected chi connectivity index (χ2v) is 3.98. The minimum absolute atomic E-state index is 0.266. The Morgan fingerprint density at radius 3 is 2.47 bits per heavy atom. The number of aromatic hydroxyl groups is 2. The van der Waals surface area contributed by atoms with Crippen molar-refractivity contribution >= 4 is 11.6 Å². The summed E-state index contributed by atoms with van der Waals surface area (Å²) >= 11 is 5.74. The first kappa shape index (κ1) is 11.5. The predicted molar refractivity (Wildman–Crippen MR) is 62.6 cm³/mol. The van der Waals surface area contributed by atoms with E-state index in [4.69, 9.17) is 16.7 Å². The maximum Gasteiger partial charge on any atom is 0.330 e. The van der Waals surface area contributed by atoms with Gasteiger partial charge in [0.25, 0.3) is 0 Å². The van der Waals surface area contributed by atoms with Gasteiger partial charge in [0.1, 0.15) is 6.26 Å². The van der Waals surface area contributed by atoms with Crippen LogP contribution < -0.4 is 5.43 Å². The van der Waals surface area contributed by atoms with E-state index in [1.807, 2.05) is 0 Å². The zero-order valence-corrected chi connectivity index (χ0v) is 9.44. The zero-order chi connectivity index (χ0) is 12.4. The van der Waals surface area contributed by atoms with Crippen molar-refractivity contribution in [3.8, 4) is 11.7 Å². The standard InChI is InChI=1S/C12H9ClO4/c13-9-3-1-7(2-4-9)5-8-6-17-12(16)11(15)10(8)14/h1-4,6,15-16H,5H2. The highest BCUT2D eigenvalue weighted by molar-refractivity contribution is 6.30. The van der Waals surface area contributed by atoms with Gasteiger partial charge in [0, 0.05) is 17.0 Å². The van der Waals surface area contributed by atoms with Crippen LogP contribution >= 0.6 is 11.6 Å². The minimum Gasteiger partial charge on any atom is -0.499 e. The third-order valence-electron chi connectivity index (χ3n) is 2.33. The molecule has 0 spiro atoms. The summed E-state index contributed by atoms with van der Waals surface area (Å²) in [6.45, 7) is 0. The summed E-state index contributed by atoms with van der Waals surface area (Å²) < 4.78 is 4.65. The summed E-state index contributed by atoms with van der Waals surface area (Å²) in [5.41, 5.74) is 0.484.